The van der Waals surface area contributed by atoms with Gasteiger partial charge in [-0.2, -0.15) is 13.2 Å². The molecule has 3 aliphatic rings. The minimum Gasteiger partial charge on any atom is -0.365 e. The van der Waals surface area contributed by atoms with Crippen LogP contribution in [0.1, 0.15) is 24.1 Å². The van der Waals surface area contributed by atoms with Crippen molar-refractivity contribution in [3.8, 4) is 0 Å². The van der Waals surface area contributed by atoms with Crippen LogP contribution in [0.2, 0.25) is 0 Å². The Balaban J connectivity index is 1.51. The minimum absolute atomic E-state index is 0.101. The summed E-state index contributed by atoms with van der Waals surface area (Å²) >= 11 is 1.48. The van der Waals surface area contributed by atoms with Gasteiger partial charge in [0.25, 0.3) is 5.91 Å². The summed E-state index contributed by atoms with van der Waals surface area (Å²) in [5.74, 6) is -0.339. The number of hydrazine groups is 1. The van der Waals surface area contributed by atoms with Crippen molar-refractivity contribution in [1.29, 1.82) is 0 Å². The summed E-state index contributed by atoms with van der Waals surface area (Å²) in [5, 5.41) is 10.5. The van der Waals surface area contributed by atoms with Gasteiger partial charge in [0, 0.05) is 17.3 Å². The normalized spacial score (nSPS) is 26.1. The van der Waals surface area contributed by atoms with E-state index in [1.165, 1.54) is 23.9 Å². The number of carbonyl (C=O) groups excluding carboxylic acids is 1. The van der Waals surface area contributed by atoms with Gasteiger partial charge in [-0.3, -0.25) is 9.80 Å². The van der Waals surface area contributed by atoms with Crippen LogP contribution < -0.4 is 21.4 Å². The number of rotatable bonds is 3. The van der Waals surface area contributed by atoms with Gasteiger partial charge in [0.2, 0.25) is 0 Å². The highest BCUT2D eigenvalue weighted by Gasteiger charge is 2.38. The van der Waals surface area contributed by atoms with E-state index in [1.54, 1.807) is 29.4 Å². The summed E-state index contributed by atoms with van der Waals surface area (Å²) < 4.78 is 40.1. The minimum atomic E-state index is -4.46. The molecule has 0 spiro atoms. The van der Waals surface area contributed by atoms with Gasteiger partial charge < -0.3 is 16.0 Å². The Morgan fingerprint density at radius 1 is 1.18 bits per heavy atom. The van der Waals surface area contributed by atoms with Crippen molar-refractivity contribution in [3.63, 3.8) is 0 Å². The van der Waals surface area contributed by atoms with Crippen LogP contribution in [-0.4, -0.2) is 22.6 Å². The number of hydrogen-bond acceptors (Lipinski definition) is 6. The third kappa shape index (κ3) is 3.57. The third-order valence-electron chi connectivity index (χ3n) is 4.53. The highest BCUT2D eigenvalue weighted by molar-refractivity contribution is 8.03. The molecule has 0 bridgehead atoms. The first-order valence-electron chi connectivity index (χ1n) is 8.59. The maximum atomic E-state index is 13.4. The lowest BCUT2D eigenvalue weighted by molar-refractivity contribution is -0.138. The number of fused-ring (bicyclic) bond motifs is 1. The number of alkyl halides is 3. The van der Waals surface area contributed by atoms with E-state index in [0.29, 0.717) is 5.70 Å². The maximum Gasteiger partial charge on any atom is 0.416 e. The van der Waals surface area contributed by atoms with E-state index in [4.69, 9.17) is 0 Å². The second-order valence-electron chi connectivity index (χ2n) is 6.48. The van der Waals surface area contributed by atoms with Crippen LogP contribution in [0.15, 0.2) is 59.4 Å². The van der Waals surface area contributed by atoms with Gasteiger partial charge in [-0.25, -0.2) is 5.43 Å². The molecular weight excluding hydrogens is 391 g/mol. The Kier molecular flexibility index (Phi) is 4.76. The van der Waals surface area contributed by atoms with E-state index < -0.39 is 17.8 Å². The van der Waals surface area contributed by atoms with Crippen LogP contribution in [0, 0.1) is 0 Å². The number of hydrogen-bond donors (Lipinski definition) is 4. The fourth-order valence-corrected chi connectivity index (χ4v) is 4.05. The Morgan fingerprint density at radius 3 is 2.68 bits per heavy atom. The summed E-state index contributed by atoms with van der Waals surface area (Å²) in [6.07, 6.45) is 1.95. The molecule has 0 fully saturated rings. The van der Waals surface area contributed by atoms with Gasteiger partial charge in [-0.15, -0.1) is 0 Å². The Bertz CT molecular complexity index is 882. The summed E-state index contributed by atoms with van der Waals surface area (Å²) in [5.41, 5.74) is 2.44. The number of benzene rings is 1. The smallest absolute Gasteiger partial charge is 0.365 e. The highest BCUT2D eigenvalue weighted by atomic mass is 32.2. The highest BCUT2D eigenvalue weighted by Crippen LogP contribution is 2.36. The Morgan fingerprint density at radius 2 is 1.96 bits per heavy atom. The second kappa shape index (κ2) is 7.10. The van der Waals surface area contributed by atoms with Crippen LogP contribution in [-0.2, 0) is 11.0 Å². The van der Waals surface area contributed by atoms with Crippen LogP contribution in [0.25, 0.3) is 0 Å². The molecule has 4 N–H and O–H groups in total. The molecule has 6 nitrogen and oxygen atoms in total. The molecule has 3 atom stereocenters. The topological polar surface area (TPSA) is 68.4 Å². The zero-order valence-electron chi connectivity index (χ0n) is 14.7. The predicted molar refractivity (Wildman–Crippen MR) is 99.7 cm³/mol. The predicted octanol–water partition coefficient (Wildman–Crippen LogP) is 2.49. The van der Waals surface area contributed by atoms with Crippen molar-refractivity contribution in [2.24, 2.45) is 0 Å². The molecule has 0 aliphatic carbocycles. The van der Waals surface area contributed by atoms with Crippen molar-refractivity contribution in [1.82, 2.24) is 26.4 Å². The van der Waals surface area contributed by atoms with E-state index in [1.807, 2.05) is 13.1 Å². The molecule has 3 unspecified atom stereocenters. The summed E-state index contributed by atoms with van der Waals surface area (Å²) in [6.45, 7) is 1.93. The van der Waals surface area contributed by atoms with Crippen molar-refractivity contribution in [3.05, 3.63) is 70.5 Å². The van der Waals surface area contributed by atoms with Crippen LogP contribution in [0.4, 0.5) is 13.2 Å². The second-order valence-corrected chi connectivity index (χ2v) is 7.83. The zero-order chi connectivity index (χ0) is 19.9. The van der Waals surface area contributed by atoms with Crippen molar-refractivity contribution in [2.75, 3.05) is 0 Å². The molecule has 1 aromatic rings. The quantitative estimate of drug-likeness (QED) is 0.576. The first-order chi connectivity index (χ1) is 13.3. The average Bonchev–Trinajstić information content (AvgIpc) is 3.26. The molecule has 28 heavy (non-hydrogen) atoms. The molecule has 0 radical (unpaired) electrons. The molecule has 3 aliphatic heterocycles. The summed E-state index contributed by atoms with van der Waals surface area (Å²) in [6, 6.07) is 4.70. The fourth-order valence-electron chi connectivity index (χ4n) is 3.24. The van der Waals surface area contributed by atoms with Gasteiger partial charge in [-0.1, -0.05) is 36.0 Å². The number of thioether (sulfide) groups is 1. The zero-order valence-corrected chi connectivity index (χ0v) is 15.6. The van der Waals surface area contributed by atoms with Gasteiger partial charge >= 0.3 is 6.18 Å². The molecular formula is C18H18F3N5OS. The molecule has 1 amide bonds. The van der Waals surface area contributed by atoms with Crippen LogP contribution in [0.3, 0.4) is 0 Å². The van der Waals surface area contributed by atoms with Crippen LogP contribution >= 0.6 is 11.8 Å². The van der Waals surface area contributed by atoms with Crippen LogP contribution in [0.5, 0.6) is 0 Å². The molecule has 10 heteroatoms. The number of nitrogens with zero attached hydrogens (tertiary/aromatic N) is 1. The lowest BCUT2D eigenvalue weighted by atomic mass is 9.99. The van der Waals surface area contributed by atoms with Gasteiger partial charge in [0.05, 0.1) is 11.6 Å². The largest absolute Gasteiger partial charge is 0.416 e. The number of carbonyl (C=O) groups is 1. The van der Waals surface area contributed by atoms with E-state index in [9.17, 15) is 18.0 Å². The molecule has 3 heterocycles. The monoisotopic (exact) mass is 409 g/mol. The average molecular weight is 409 g/mol. The standard InChI is InChI=1S/C18H18F3N5OS/c1-10-8-23-17(28-10)24-16(27)14-9-22-15-7-6-13(25-26(14)15)11-4-2-3-5-12(11)18(19,20)21/h2-9,13,15,17,22-23,25H,1H3,(H,24,27). The van der Waals surface area contributed by atoms with Gasteiger partial charge in [0.15, 0.2) is 5.50 Å². The number of amides is 1. The first kappa shape index (κ1) is 18.8. The fraction of sp³-hybridized carbons (Fsp3) is 0.278. The van der Waals surface area contributed by atoms with E-state index >= 15 is 0 Å². The van der Waals surface area contributed by atoms with Crippen molar-refractivity contribution >= 4 is 17.7 Å². The lowest BCUT2D eigenvalue weighted by Gasteiger charge is -2.35. The number of allylic oxidation sites excluding steroid dienone is 1. The van der Waals surface area contributed by atoms with Gasteiger partial charge in [-0.05, 0) is 24.6 Å². The molecule has 1 aromatic carbocycles. The molecule has 148 valence electrons. The Hall–Kier alpha value is -2.59. The molecule has 0 saturated heterocycles. The molecule has 4 rings (SSSR count). The van der Waals surface area contributed by atoms with E-state index in [2.05, 4.69) is 21.4 Å². The third-order valence-corrected chi connectivity index (χ3v) is 5.51. The number of halogens is 3. The lowest BCUT2D eigenvalue weighted by Crippen LogP contribution is -2.52. The maximum absolute atomic E-state index is 13.4. The Labute approximate surface area is 163 Å². The first-order valence-corrected chi connectivity index (χ1v) is 9.47. The SMILES string of the molecule is CC1=CNC(NC(=O)C2=CNC3C=CC(c4ccccc4C(F)(F)F)NN23)S1. The number of nitrogens with one attached hydrogen (secondary N) is 4. The van der Waals surface area contributed by atoms with Crippen molar-refractivity contribution in [2.45, 2.75) is 30.8 Å². The van der Waals surface area contributed by atoms with Gasteiger partial charge in [0.1, 0.15) is 11.9 Å². The summed E-state index contributed by atoms with van der Waals surface area (Å²) in [4.78, 5) is 13.7. The molecule has 0 aromatic heterocycles. The summed E-state index contributed by atoms with van der Waals surface area (Å²) in [7, 11) is 0. The molecule has 0 saturated carbocycles. The van der Waals surface area contributed by atoms with E-state index in [-0.39, 0.29) is 23.1 Å². The van der Waals surface area contributed by atoms with E-state index in [0.717, 1.165) is 11.0 Å². The van der Waals surface area contributed by atoms with Crippen molar-refractivity contribution < 1.29 is 18.0 Å².